The molecule has 0 saturated carbocycles. The minimum atomic E-state index is -0.404. The zero-order valence-corrected chi connectivity index (χ0v) is 16.6. The molecule has 5 nitrogen and oxygen atoms in total. The summed E-state index contributed by atoms with van der Waals surface area (Å²) in [6, 6.07) is 22.3. The lowest BCUT2D eigenvalue weighted by atomic mass is 10.1. The third kappa shape index (κ3) is 5.45. The summed E-state index contributed by atoms with van der Waals surface area (Å²) in [5.41, 5.74) is 3.31. The summed E-state index contributed by atoms with van der Waals surface area (Å²) in [4.78, 5) is 24.8. The molecule has 0 aliphatic carbocycles. The Morgan fingerprint density at radius 2 is 1.52 bits per heavy atom. The average Bonchev–Trinajstić information content (AvgIpc) is 2.71. The Kier molecular flexibility index (Phi) is 6.63. The average molecular weight is 388 g/mol. The molecule has 0 unspecified atom stereocenters. The molecule has 148 valence electrons. The van der Waals surface area contributed by atoms with Gasteiger partial charge in [0.05, 0.1) is 5.69 Å². The van der Waals surface area contributed by atoms with Crippen LogP contribution in [0.1, 0.15) is 24.5 Å². The van der Waals surface area contributed by atoms with Gasteiger partial charge in [0.25, 0.3) is 0 Å². The van der Waals surface area contributed by atoms with Crippen molar-refractivity contribution in [3.63, 3.8) is 0 Å². The molecule has 2 amide bonds. The molecular formula is C24H24N2O3. The van der Waals surface area contributed by atoms with Gasteiger partial charge in [0, 0.05) is 5.69 Å². The van der Waals surface area contributed by atoms with Crippen molar-refractivity contribution in [3.8, 4) is 11.5 Å². The van der Waals surface area contributed by atoms with E-state index in [-0.39, 0.29) is 12.3 Å². The monoisotopic (exact) mass is 388 g/mol. The van der Waals surface area contributed by atoms with Gasteiger partial charge in [0.15, 0.2) is 5.75 Å². The van der Waals surface area contributed by atoms with E-state index >= 15 is 0 Å². The minimum Gasteiger partial charge on any atom is -0.455 e. The van der Waals surface area contributed by atoms with Crippen LogP contribution in [0, 0.1) is 6.92 Å². The van der Waals surface area contributed by atoms with Gasteiger partial charge >= 0.3 is 0 Å². The maximum Gasteiger partial charge on any atom is 0.233 e. The molecule has 29 heavy (non-hydrogen) atoms. The molecule has 0 radical (unpaired) electrons. The van der Waals surface area contributed by atoms with E-state index in [0.29, 0.717) is 17.2 Å². The molecule has 0 aliphatic heterocycles. The molecule has 3 aromatic rings. The van der Waals surface area contributed by atoms with E-state index < -0.39 is 5.91 Å². The molecule has 0 fully saturated rings. The fourth-order valence-electron chi connectivity index (χ4n) is 3.00. The number of amides is 2. The molecule has 0 aliphatic rings. The van der Waals surface area contributed by atoms with Crippen LogP contribution < -0.4 is 15.4 Å². The Morgan fingerprint density at radius 3 is 2.28 bits per heavy atom. The number of rotatable bonds is 7. The SMILES string of the molecule is CCc1cccc(C)c1NC(=O)CC(=O)Nc1ccccc1Oc1ccccc1. The van der Waals surface area contributed by atoms with Gasteiger partial charge in [-0.2, -0.15) is 0 Å². The Morgan fingerprint density at radius 1 is 0.828 bits per heavy atom. The lowest BCUT2D eigenvalue weighted by Crippen LogP contribution is -2.22. The summed E-state index contributed by atoms with van der Waals surface area (Å²) in [6.07, 6.45) is 0.519. The second-order valence-corrected chi connectivity index (χ2v) is 6.65. The number of ether oxygens (including phenoxy) is 1. The summed E-state index contributed by atoms with van der Waals surface area (Å²) in [6.45, 7) is 3.97. The predicted octanol–water partition coefficient (Wildman–Crippen LogP) is 5.32. The Bertz CT molecular complexity index is 1000. The van der Waals surface area contributed by atoms with Gasteiger partial charge in [-0.05, 0) is 48.7 Å². The fourth-order valence-corrected chi connectivity index (χ4v) is 3.00. The molecule has 0 heterocycles. The lowest BCUT2D eigenvalue weighted by molar-refractivity contribution is -0.123. The molecule has 5 heteroatoms. The normalized spacial score (nSPS) is 10.3. The predicted molar refractivity (Wildman–Crippen MR) is 115 cm³/mol. The topological polar surface area (TPSA) is 67.4 Å². The van der Waals surface area contributed by atoms with Crippen LogP contribution in [0.15, 0.2) is 72.8 Å². The molecule has 3 aromatic carbocycles. The number of benzene rings is 3. The van der Waals surface area contributed by atoms with Crippen molar-refractivity contribution >= 4 is 23.2 Å². The summed E-state index contributed by atoms with van der Waals surface area (Å²) in [7, 11) is 0. The van der Waals surface area contributed by atoms with E-state index in [9.17, 15) is 9.59 Å². The van der Waals surface area contributed by atoms with E-state index in [2.05, 4.69) is 10.6 Å². The van der Waals surface area contributed by atoms with E-state index in [4.69, 9.17) is 4.74 Å². The van der Waals surface area contributed by atoms with Crippen LogP contribution in [-0.4, -0.2) is 11.8 Å². The minimum absolute atomic E-state index is 0.281. The maximum atomic E-state index is 12.4. The second kappa shape index (κ2) is 9.55. The quantitative estimate of drug-likeness (QED) is 0.539. The van der Waals surface area contributed by atoms with Gasteiger partial charge < -0.3 is 15.4 Å². The molecule has 3 rings (SSSR count). The van der Waals surface area contributed by atoms with Crippen LogP contribution in [0.5, 0.6) is 11.5 Å². The molecule has 2 N–H and O–H groups in total. The standard InChI is InChI=1S/C24H24N2O3/c1-3-18-11-9-10-17(2)24(18)26-23(28)16-22(27)25-20-14-7-8-15-21(20)29-19-12-5-4-6-13-19/h4-15H,3,16H2,1-2H3,(H,25,27)(H,26,28). The summed E-state index contributed by atoms with van der Waals surface area (Å²) in [5.74, 6) is 0.421. The number of aryl methyl sites for hydroxylation is 2. The number of carbonyl (C=O) groups excluding carboxylic acids is 2. The number of anilines is 2. The largest absolute Gasteiger partial charge is 0.455 e. The number of para-hydroxylation sites is 4. The van der Waals surface area contributed by atoms with E-state index in [1.165, 1.54) is 0 Å². The van der Waals surface area contributed by atoms with Crippen LogP contribution in [0.3, 0.4) is 0 Å². The van der Waals surface area contributed by atoms with Crippen molar-refractivity contribution in [3.05, 3.63) is 83.9 Å². The molecular weight excluding hydrogens is 364 g/mol. The third-order valence-electron chi connectivity index (χ3n) is 4.46. The Labute approximate surface area is 170 Å². The van der Waals surface area contributed by atoms with Gasteiger partial charge in [-0.25, -0.2) is 0 Å². The van der Waals surface area contributed by atoms with E-state index in [0.717, 1.165) is 23.2 Å². The van der Waals surface area contributed by atoms with E-state index in [1.807, 2.05) is 68.4 Å². The third-order valence-corrected chi connectivity index (χ3v) is 4.46. The molecule has 0 atom stereocenters. The molecule has 0 bridgehead atoms. The Balaban J connectivity index is 1.65. The molecule has 0 saturated heterocycles. The van der Waals surface area contributed by atoms with Crippen LogP contribution in [0.25, 0.3) is 0 Å². The van der Waals surface area contributed by atoms with Gasteiger partial charge in [0.2, 0.25) is 11.8 Å². The first-order chi connectivity index (χ1) is 14.1. The van der Waals surface area contributed by atoms with Crippen molar-refractivity contribution in [2.24, 2.45) is 0 Å². The summed E-state index contributed by atoms with van der Waals surface area (Å²) < 4.78 is 5.84. The van der Waals surface area contributed by atoms with Crippen LogP contribution in [0.2, 0.25) is 0 Å². The first-order valence-corrected chi connectivity index (χ1v) is 9.57. The number of nitrogens with one attached hydrogen (secondary N) is 2. The number of carbonyl (C=O) groups is 2. The smallest absolute Gasteiger partial charge is 0.233 e. The van der Waals surface area contributed by atoms with Crippen molar-refractivity contribution in [2.45, 2.75) is 26.7 Å². The van der Waals surface area contributed by atoms with Crippen molar-refractivity contribution < 1.29 is 14.3 Å². The molecule has 0 spiro atoms. The highest BCUT2D eigenvalue weighted by Gasteiger charge is 2.14. The Hall–Kier alpha value is -3.60. The zero-order valence-electron chi connectivity index (χ0n) is 16.6. The van der Waals surface area contributed by atoms with Gasteiger partial charge in [-0.1, -0.05) is 55.5 Å². The highest BCUT2D eigenvalue weighted by atomic mass is 16.5. The number of hydrogen-bond donors (Lipinski definition) is 2. The van der Waals surface area contributed by atoms with Crippen molar-refractivity contribution in [2.75, 3.05) is 10.6 Å². The van der Waals surface area contributed by atoms with E-state index in [1.54, 1.807) is 18.2 Å². The summed E-state index contributed by atoms with van der Waals surface area (Å²) in [5, 5.41) is 5.64. The second-order valence-electron chi connectivity index (χ2n) is 6.65. The van der Waals surface area contributed by atoms with Crippen LogP contribution in [-0.2, 0) is 16.0 Å². The molecule has 0 aromatic heterocycles. The van der Waals surface area contributed by atoms with Gasteiger partial charge in [-0.3, -0.25) is 9.59 Å². The first-order valence-electron chi connectivity index (χ1n) is 9.57. The van der Waals surface area contributed by atoms with Crippen LogP contribution >= 0.6 is 0 Å². The highest BCUT2D eigenvalue weighted by Crippen LogP contribution is 2.29. The lowest BCUT2D eigenvalue weighted by Gasteiger charge is -2.14. The zero-order chi connectivity index (χ0) is 20.6. The fraction of sp³-hybridized carbons (Fsp3) is 0.167. The van der Waals surface area contributed by atoms with Gasteiger partial charge in [-0.15, -0.1) is 0 Å². The highest BCUT2D eigenvalue weighted by molar-refractivity contribution is 6.08. The van der Waals surface area contributed by atoms with Crippen molar-refractivity contribution in [1.29, 1.82) is 0 Å². The van der Waals surface area contributed by atoms with Gasteiger partial charge in [0.1, 0.15) is 12.2 Å². The first kappa shape index (κ1) is 20.1. The van der Waals surface area contributed by atoms with Crippen molar-refractivity contribution in [1.82, 2.24) is 0 Å². The number of hydrogen-bond acceptors (Lipinski definition) is 3. The summed E-state index contributed by atoms with van der Waals surface area (Å²) >= 11 is 0. The van der Waals surface area contributed by atoms with Crippen LogP contribution in [0.4, 0.5) is 11.4 Å². The maximum absolute atomic E-state index is 12.4.